The van der Waals surface area contributed by atoms with Crippen molar-refractivity contribution >= 4 is 11.9 Å². The third-order valence-corrected chi connectivity index (χ3v) is 3.89. The Balaban J connectivity index is 1.90. The van der Waals surface area contributed by atoms with Gasteiger partial charge < -0.3 is 24.1 Å². The van der Waals surface area contributed by atoms with Gasteiger partial charge in [0.05, 0.1) is 12.8 Å². The SMILES string of the molecule is COc1cc(CNC(=O)COC(=O)c2c(C)noc2C(C)C)ccc1OC(F)F. The number of methoxy groups -OCH3 is 1. The van der Waals surface area contributed by atoms with E-state index in [1.807, 2.05) is 13.8 Å². The monoisotopic (exact) mass is 412 g/mol. The molecule has 0 aliphatic carbocycles. The van der Waals surface area contributed by atoms with Crippen molar-refractivity contribution in [2.45, 2.75) is 39.8 Å². The van der Waals surface area contributed by atoms with Crippen molar-refractivity contribution in [1.82, 2.24) is 10.5 Å². The van der Waals surface area contributed by atoms with Crippen LogP contribution in [0.1, 0.15) is 47.1 Å². The summed E-state index contributed by atoms with van der Waals surface area (Å²) in [5.41, 5.74) is 1.18. The molecule has 10 heteroatoms. The van der Waals surface area contributed by atoms with Crippen molar-refractivity contribution in [1.29, 1.82) is 0 Å². The highest BCUT2D eigenvalue weighted by atomic mass is 19.3. The molecule has 2 aromatic rings. The number of rotatable bonds is 9. The van der Waals surface area contributed by atoms with Gasteiger partial charge in [-0.1, -0.05) is 25.1 Å². The Morgan fingerprint density at radius 1 is 1.24 bits per heavy atom. The Bertz CT molecular complexity index is 866. The minimum atomic E-state index is -2.98. The number of benzene rings is 1. The maximum absolute atomic E-state index is 12.4. The lowest BCUT2D eigenvalue weighted by Gasteiger charge is -2.12. The molecule has 0 bridgehead atoms. The number of hydrogen-bond acceptors (Lipinski definition) is 7. The Kier molecular flexibility index (Phi) is 7.52. The highest BCUT2D eigenvalue weighted by molar-refractivity contribution is 5.93. The van der Waals surface area contributed by atoms with Crippen LogP contribution in [0, 0.1) is 6.92 Å². The number of hydrogen-bond donors (Lipinski definition) is 1. The van der Waals surface area contributed by atoms with Gasteiger partial charge in [0, 0.05) is 12.5 Å². The number of nitrogens with one attached hydrogen (secondary N) is 1. The van der Waals surface area contributed by atoms with Gasteiger partial charge in [0.1, 0.15) is 5.56 Å². The number of amides is 1. The normalized spacial score (nSPS) is 10.9. The number of carbonyl (C=O) groups is 2. The molecular formula is C19H22F2N2O6. The van der Waals surface area contributed by atoms with Crippen LogP contribution in [0.15, 0.2) is 22.7 Å². The maximum Gasteiger partial charge on any atom is 0.387 e. The van der Waals surface area contributed by atoms with Crippen LogP contribution in [0.3, 0.4) is 0 Å². The smallest absolute Gasteiger partial charge is 0.387 e. The second-order valence-electron chi connectivity index (χ2n) is 6.38. The van der Waals surface area contributed by atoms with E-state index in [1.54, 1.807) is 6.92 Å². The summed E-state index contributed by atoms with van der Waals surface area (Å²) < 4.78 is 44.2. The van der Waals surface area contributed by atoms with Crippen LogP contribution in [0.4, 0.5) is 8.78 Å². The Hall–Kier alpha value is -3.17. The van der Waals surface area contributed by atoms with E-state index >= 15 is 0 Å². The molecule has 0 saturated carbocycles. The zero-order valence-corrected chi connectivity index (χ0v) is 16.5. The number of ether oxygens (including phenoxy) is 3. The highest BCUT2D eigenvalue weighted by Crippen LogP contribution is 2.29. The van der Waals surface area contributed by atoms with Gasteiger partial charge in [-0.2, -0.15) is 8.78 Å². The predicted molar refractivity (Wildman–Crippen MR) is 97.1 cm³/mol. The second-order valence-corrected chi connectivity index (χ2v) is 6.38. The molecule has 0 spiro atoms. The molecule has 1 amide bonds. The molecular weight excluding hydrogens is 390 g/mol. The van der Waals surface area contributed by atoms with Gasteiger partial charge in [0.2, 0.25) is 0 Å². The molecule has 2 rings (SSSR count). The summed E-state index contributed by atoms with van der Waals surface area (Å²) in [4.78, 5) is 24.2. The number of esters is 1. The molecule has 0 fully saturated rings. The molecule has 0 aliphatic rings. The lowest BCUT2D eigenvalue weighted by molar-refractivity contribution is -0.124. The summed E-state index contributed by atoms with van der Waals surface area (Å²) >= 11 is 0. The van der Waals surface area contributed by atoms with E-state index in [2.05, 4.69) is 15.2 Å². The van der Waals surface area contributed by atoms with E-state index in [4.69, 9.17) is 14.0 Å². The number of aromatic nitrogens is 1. The highest BCUT2D eigenvalue weighted by Gasteiger charge is 2.24. The maximum atomic E-state index is 12.4. The predicted octanol–water partition coefficient (Wildman–Crippen LogP) is 3.19. The molecule has 0 aliphatic heterocycles. The van der Waals surface area contributed by atoms with Crippen molar-refractivity contribution in [3.63, 3.8) is 0 Å². The summed E-state index contributed by atoms with van der Waals surface area (Å²) in [5.74, 6) is -0.918. The van der Waals surface area contributed by atoms with Gasteiger partial charge in [0.25, 0.3) is 5.91 Å². The van der Waals surface area contributed by atoms with Gasteiger partial charge in [0.15, 0.2) is 23.9 Å². The van der Waals surface area contributed by atoms with E-state index in [0.717, 1.165) is 0 Å². The van der Waals surface area contributed by atoms with Crippen LogP contribution in [0.5, 0.6) is 11.5 Å². The van der Waals surface area contributed by atoms with Crippen molar-refractivity contribution < 1.29 is 37.1 Å². The number of alkyl halides is 2. The Morgan fingerprint density at radius 3 is 2.59 bits per heavy atom. The summed E-state index contributed by atoms with van der Waals surface area (Å²) in [5, 5.41) is 6.32. The van der Waals surface area contributed by atoms with Crippen LogP contribution in [-0.4, -0.2) is 37.4 Å². The van der Waals surface area contributed by atoms with E-state index in [9.17, 15) is 18.4 Å². The Morgan fingerprint density at radius 2 is 1.97 bits per heavy atom. The lowest BCUT2D eigenvalue weighted by Crippen LogP contribution is -2.28. The van der Waals surface area contributed by atoms with E-state index in [1.165, 1.54) is 25.3 Å². The average molecular weight is 412 g/mol. The van der Waals surface area contributed by atoms with Crippen LogP contribution < -0.4 is 14.8 Å². The van der Waals surface area contributed by atoms with Crippen LogP contribution in [0.2, 0.25) is 0 Å². The fourth-order valence-electron chi connectivity index (χ4n) is 2.50. The molecule has 1 N–H and O–H groups in total. The van der Waals surface area contributed by atoms with Crippen molar-refractivity contribution in [3.05, 3.63) is 40.8 Å². The number of nitrogens with zero attached hydrogens (tertiary/aromatic N) is 1. The molecule has 0 unspecified atom stereocenters. The van der Waals surface area contributed by atoms with Gasteiger partial charge in [-0.25, -0.2) is 4.79 Å². The minimum absolute atomic E-state index is 0.0698. The number of carbonyl (C=O) groups excluding carboxylic acids is 2. The summed E-state index contributed by atoms with van der Waals surface area (Å²) in [6.07, 6.45) is 0. The standard InChI is InChI=1S/C19H22F2N2O6/c1-10(2)17-16(11(3)23-29-17)18(25)27-9-15(24)22-8-12-5-6-13(28-19(20)21)14(7-12)26-4/h5-7,10,19H,8-9H2,1-4H3,(H,22,24). The zero-order valence-electron chi connectivity index (χ0n) is 16.5. The van der Waals surface area contributed by atoms with Crippen LogP contribution in [-0.2, 0) is 16.1 Å². The third-order valence-electron chi connectivity index (χ3n) is 3.89. The largest absolute Gasteiger partial charge is 0.493 e. The summed E-state index contributed by atoms with van der Waals surface area (Å²) in [6.45, 7) is 1.90. The van der Waals surface area contributed by atoms with Gasteiger partial charge in [-0.3, -0.25) is 4.79 Å². The molecule has 1 aromatic carbocycles. The summed E-state index contributed by atoms with van der Waals surface area (Å²) in [6, 6.07) is 4.27. The summed E-state index contributed by atoms with van der Waals surface area (Å²) in [7, 11) is 1.31. The van der Waals surface area contributed by atoms with Crippen LogP contribution in [0.25, 0.3) is 0 Å². The fourth-order valence-corrected chi connectivity index (χ4v) is 2.50. The average Bonchev–Trinajstić information content (AvgIpc) is 3.06. The van der Waals surface area contributed by atoms with Gasteiger partial charge >= 0.3 is 12.6 Å². The number of aryl methyl sites for hydroxylation is 1. The van der Waals surface area contributed by atoms with E-state index < -0.39 is 25.1 Å². The first-order valence-corrected chi connectivity index (χ1v) is 8.74. The second kappa shape index (κ2) is 9.85. The third kappa shape index (κ3) is 5.90. The van der Waals surface area contributed by atoms with E-state index in [-0.39, 0.29) is 29.5 Å². The molecule has 0 atom stereocenters. The molecule has 29 heavy (non-hydrogen) atoms. The van der Waals surface area contributed by atoms with Crippen LogP contribution >= 0.6 is 0 Å². The van der Waals surface area contributed by atoms with Gasteiger partial charge in [-0.15, -0.1) is 0 Å². The minimum Gasteiger partial charge on any atom is -0.493 e. The van der Waals surface area contributed by atoms with Crippen molar-refractivity contribution in [2.24, 2.45) is 0 Å². The van der Waals surface area contributed by atoms with Crippen molar-refractivity contribution in [2.75, 3.05) is 13.7 Å². The topological polar surface area (TPSA) is 99.9 Å². The molecule has 0 saturated heterocycles. The zero-order chi connectivity index (χ0) is 21.6. The molecule has 158 valence electrons. The quantitative estimate of drug-likeness (QED) is 0.632. The lowest BCUT2D eigenvalue weighted by atomic mass is 10.1. The van der Waals surface area contributed by atoms with Gasteiger partial charge in [-0.05, 0) is 24.6 Å². The fraction of sp³-hybridized carbons (Fsp3) is 0.421. The molecule has 0 radical (unpaired) electrons. The Labute approximate surface area is 166 Å². The molecule has 1 aromatic heterocycles. The first kappa shape index (κ1) is 22.1. The first-order chi connectivity index (χ1) is 13.7. The molecule has 1 heterocycles. The molecule has 8 nitrogen and oxygen atoms in total. The number of halogens is 2. The van der Waals surface area contributed by atoms with E-state index in [0.29, 0.717) is 17.0 Å². The first-order valence-electron chi connectivity index (χ1n) is 8.74. The van der Waals surface area contributed by atoms with Crippen molar-refractivity contribution in [3.8, 4) is 11.5 Å².